The topological polar surface area (TPSA) is 104 Å². The van der Waals surface area contributed by atoms with Gasteiger partial charge in [-0.3, -0.25) is 9.59 Å². The van der Waals surface area contributed by atoms with Crippen LogP contribution >= 0.6 is 0 Å². The van der Waals surface area contributed by atoms with Crippen LogP contribution in [0.3, 0.4) is 0 Å². The Hall–Kier alpha value is -1.14. The molecular formula is C16H30O6. The molecule has 0 bridgehead atoms. The van der Waals surface area contributed by atoms with Crippen LogP contribution in [0.5, 0.6) is 0 Å². The lowest BCUT2D eigenvalue weighted by Crippen LogP contribution is -2.20. The molecule has 0 aromatic heterocycles. The van der Waals surface area contributed by atoms with Gasteiger partial charge in [-0.25, -0.2) is 0 Å². The van der Waals surface area contributed by atoms with Crippen molar-refractivity contribution in [3.8, 4) is 0 Å². The summed E-state index contributed by atoms with van der Waals surface area (Å²) in [7, 11) is 0. The summed E-state index contributed by atoms with van der Waals surface area (Å²) in [5, 5.41) is 26.8. The molecule has 0 spiro atoms. The fraction of sp³-hybridized carbons (Fsp3) is 0.875. The molecule has 0 heterocycles. The number of aliphatic hydroxyl groups excluding tert-OH is 2. The van der Waals surface area contributed by atoms with E-state index in [1.54, 1.807) is 0 Å². The highest BCUT2D eigenvalue weighted by Crippen LogP contribution is 2.13. The number of carbonyl (C=O) groups is 2. The monoisotopic (exact) mass is 318 g/mol. The number of unbranched alkanes of at least 4 members (excludes halogenated alkanes) is 5. The molecule has 0 fully saturated rings. The third kappa shape index (κ3) is 13.8. The van der Waals surface area contributed by atoms with E-state index in [1.165, 1.54) is 0 Å². The third-order valence-electron chi connectivity index (χ3n) is 3.51. The first-order valence-corrected chi connectivity index (χ1v) is 8.16. The van der Waals surface area contributed by atoms with Crippen LogP contribution < -0.4 is 0 Å². The summed E-state index contributed by atoms with van der Waals surface area (Å²) in [5.74, 6) is -1.04. The largest absolute Gasteiger partial charge is 0.481 e. The van der Waals surface area contributed by atoms with Crippen LogP contribution in [0.2, 0.25) is 0 Å². The molecule has 22 heavy (non-hydrogen) atoms. The minimum absolute atomic E-state index is 0.0638. The van der Waals surface area contributed by atoms with Crippen LogP contribution in [0.4, 0.5) is 0 Å². The van der Waals surface area contributed by atoms with Crippen molar-refractivity contribution >= 4 is 11.9 Å². The molecule has 2 atom stereocenters. The Morgan fingerprint density at radius 3 is 2.09 bits per heavy atom. The highest BCUT2D eigenvalue weighted by molar-refractivity contribution is 5.69. The average Bonchev–Trinajstić information content (AvgIpc) is 2.41. The zero-order chi connectivity index (χ0) is 16.8. The zero-order valence-corrected chi connectivity index (χ0v) is 13.5. The summed E-state index contributed by atoms with van der Waals surface area (Å²) < 4.78 is 4.91. The van der Waals surface area contributed by atoms with Gasteiger partial charge < -0.3 is 20.1 Å². The number of ether oxygens (including phenoxy) is 1. The molecular weight excluding hydrogens is 288 g/mol. The van der Waals surface area contributed by atoms with Crippen LogP contribution in [-0.4, -0.2) is 40.2 Å². The molecule has 0 aliphatic heterocycles. The maximum absolute atomic E-state index is 11.5. The molecule has 6 nitrogen and oxygen atoms in total. The molecule has 0 aromatic rings. The number of rotatable bonds is 14. The van der Waals surface area contributed by atoms with E-state index in [-0.39, 0.29) is 18.9 Å². The summed E-state index contributed by atoms with van der Waals surface area (Å²) in [6, 6.07) is 0. The summed E-state index contributed by atoms with van der Waals surface area (Å²) >= 11 is 0. The van der Waals surface area contributed by atoms with E-state index in [0.717, 1.165) is 32.1 Å². The molecule has 0 rings (SSSR count). The van der Waals surface area contributed by atoms with Gasteiger partial charge in [-0.1, -0.05) is 32.6 Å². The predicted octanol–water partition coefficient (Wildman–Crippen LogP) is 2.46. The first kappa shape index (κ1) is 20.9. The van der Waals surface area contributed by atoms with Gasteiger partial charge in [-0.05, 0) is 25.2 Å². The quantitative estimate of drug-likeness (QED) is 0.258. The van der Waals surface area contributed by atoms with Crippen molar-refractivity contribution in [2.75, 3.05) is 6.61 Å². The van der Waals surface area contributed by atoms with Gasteiger partial charge in [0.05, 0.1) is 0 Å². The molecule has 0 saturated heterocycles. The standard InChI is InChI=1S/C16H30O6/c1-13(10-11-17)12-16(21)22-15(20)9-7-5-3-2-4-6-8-14(18)19/h13,16-17,21H,2-12H2,1H3,(H,18,19). The highest BCUT2D eigenvalue weighted by atomic mass is 16.6. The van der Waals surface area contributed by atoms with Gasteiger partial charge in [-0.2, -0.15) is 0 Å². The van der Waals surface area contributed by atoms with E-state index in [1.807, 2.05) is 6.92 Å². The van der Waals surface area contributed by atoms with Gasteiger partial charge in [0.25, 0.3) is 0 Å². The molecule has 6 heteroatoms. The number of hydrogen-bond donors (Lipinski definition) is 3. The number of hydrogen-bond acceptors (Lipinski definition) is 5. The lowest BCUT2D eigenvalue weighted by molar-refractivity contribution is -0.170. The van der Waals surface area contributed by atoms with Crippen molar-refractivity contribution in [1.29, 1.82) is 0 Å². The van der Waals surface area contributed by atoms with Gasteiger partial charge in [0.2, 0.25) is 6.29 Å². The van der Waals surface area contributed by atoms with Crippen molar-refractivity contribution in [2.24, 2.45) is 5.92 Å². The molecule has 0 radical (unpaired) electrons. The molecule has 0 aliphatic carbocycles. The van der Waals surface area contributed by atoms with Gasteiger partial charge in [-0.15, -0.1) is 0 Å². The maximum Gasteiger partial charge on any atom is 0.308 e. The van der Waals surface area contributed by atoms with Crippen molar-refractivity contribution in [2.45, 2.75) is 77.4 Å². The molecule has 0 saturated carbocycles. The van der Waals surface area contributed by atoms with Crippen LogP contribution in [-0.2, 0) is 14.3 Å². The molecule has 130 valence electrons. The number of aliphatic hydroxyl groups is 2. The number of esters is 1. The number of carboxylic acids is 1. The number of carbonyl (C=O) groups excluding carboxylic acids is 1. The normalized spacial score (nSPS) is 13.6. The summed E-state index contributed by atoms with van der Waals surface area (Å²) in [4.78, 5) is 21.8. The Kier molecular flexibility index (Phi) is 12.8. The van der Waals surface area contributed by atoms with Crippen molar-refractivity contribution in [3.63, 3.8) is 0 Å². The molecule has 0 amide bonds. The molecule has 0 aromatic carbocycles. The molecule has 2 unspecified atom stereocenters. The Labute approximate surface area is 132 Å². The van der Waals surface area contributed by atoms with Crippen molar-refractivity contribution in [3.05, 3.63) is 0 Å². The summed E-state index contributed by atoms with van der Waals surface area (Å²) in [6.07, 6.45) is 5.52. The van der Waals surface area contributed by atoms with E-state index in [4.69, 9.17) is 14.9 Å². The van der Waals surface area contributed by atoms with Gasteiger partial charge in [0.1, 0.15) is 0 Å². The van der Waals surface area contributed by atoms with Crippen molar-refractivity contribution < 1.29 is 29.6 Å². The summed E-state index contributed by atoms with van der Waals surface area (Å²) in [6.45, 7) is 1.95. The lowest BCUT2D eigenvalue weighted by Gasteiger charge is -2.16. The Morgan fingerprint density at radius 1 is 1.00 bits per heavy atom. The Bertz CT molecular complexity index is 305. The van der Waals surface area contributed by atoms with Gasteiger partial charge >= 0.3 is 11.9 Å². The fourth-order valence-electron chi connectivity index (χ4n) is 2.19. The number of aliphatic carboxylic acids is 1. The van der Waals surface area contributed by atoms with E-state index in [9.17, 15) is 14.7 Å². The van der Waals surface area contributed by atoms with E-state index in [2.05, 4.69) is 0 Å². The SMILES string of the molecule is CC(CCO)CC(O)OC(=O)CCCCCCCCC(=O)O. The Balaban J connectivity index is 3.47. The van der Waals surface area contributed by atoms with Crippen LogP contribution in [0, 0.1) is 5.92 Å². The van der Waals surface area contributed by atoms with Crippen LogP contribution in [0.15, 0.2) is 0 Å². The smallest absolute Gasteiger partial charge is 0.308 e. The predicted molar refractivity (Wildman–Crippen MR) is 82.2 cm³/mol. The molecule has 3 N–H and O–H groups in total. The second-order valence-electron chi connectivity index (χ2n) is 5.81. The third-order valence-corrected chi connectivity index (χ3v) is 3.51. The van der Waals surface area contributed by atoms with E-state index < -0.39 is 18.2 Å². The van der Waals surface area contributed by atoms with Crippen LogP contribution in [0.1, 0.15) is 71.1 Å². The average molecular weight is 318 g/mol. The molecule has 0 aliphatic rings. The first-order valence-electron chi connectivity index (χ1n) is 8.16. The van der Waals surface area contributed by atoms with E-state index in [0.29, 0.717) is 25.7 Å². The fourth-order valence-corrected chi connectivity index (χ4v) is 2.19. The second-order valence-corrected chi connectivity index (χ2v) is 5.81. The van der Waals surface area contributed by atoms with Gasteiger partial charge in [0.15, 0.2) is 0 Å². The van der Waals surface area contributed by atoms with Gasteiger partial charge in [0, 0.05) is 25.9 Å². The highest BCUT2D eigenvalue weighted by Gasteiger charge is 2.14. The minimum atomic E-state index is -1.09. The zero-order valence-electron chi connectivity index (χ0n) is 13.5. The van der Waals surface area contributed by atoms with Crippen molar-refractivity contribution in [1.82, 2.24) is 0 Å². The number of carboxylic acid groups (broad SMARTS) is 1. The first-order chi connectivity index (χ1) is 10.5. The Morgan fingerprint density at radius 2 is 1.55 bits per heavy atom. The second kappa shape index (κ2) is 13.5. The summed E-state index contributed by atoms with van der Waals surface area (Å²) in [5.41, 5.74) is 0. The lowest BCUT2D eigenvalue weighted by atomic mass is 10.0. The maximum atomic E-state index is 11.5. The van der Waals surface area contributed by atoms with Crippen LogP contribution in [0.25, 0.3) is 0 Å². The minimum Gasteiger partial charge on any atom is -0.481 e. The van der Waals surface area contributed by atoms with E-state index >= 15 is 0 Å².